The molecule has 0 saturated heterocycles. The lowest BCUT2D eigenvalue weighted by Gasteiger charge is -2.62. The molecule has 0 bridgehead atoms. The highest BCUT2D eigenvalue weighted by molar-refractivity contribution is 5.79. The van der Waals surface area contributed by atoms with Gasteiger partial charge in [0.1, 0.15) is 18.0 Å². The van der Waals surface area contributed by atoms with Crippen molar-refractivity contribution in [2.45, 2.75) is 91.1 Å². The Morgan fingerprint density at radius 3 is 2.28 bits per heavy atom. The molecule has 7 nitrogen and oxygen atoms in total. The van der Waals surface area contributed by atoms with Crippen LogP contribution in [-0.4, -0.2) is 62.3 Å². The third-order valence-corrected chi connectivity index (χ3v) is 10.9. The van der Waals surface area contributed by atoms with Gasteiger partial charge in [0.2, 0.25) is 0 Å². The van der Waals surface area contributed by atoms with E-state index in [0.29, 0.717) is 36.0 Å². The molecule has 36 heavy (non-hydrogen) atoms. The summed E-state index contributed by atoms with van der Waals surface area (Å²) in [5, 5.41) is 0. The van der Waals surface area contributed by atoms with E-state index in [2.05, 4.69) is 13.8 Å². The highest BCUT2D eigenvalue weighted by atomic mass is 16.7. The minimum atomic E-state index is -0.836. The first kappa shape index (κ1) is 27.4. The number of rotatable bonds is 7. The van der Waals surface area contributed by atoms with Gasteiger partial charge < -0.3 is 19.1 Å². The number of carbonyl (C=O) groups excluding carboxylic acids is 3. The number of carbonyl (C=O) groups is 3. The molecular weight excluding hydrogens is 458 g/mol. The van der Waals surface area contributed by atoms with E-state index in [9.17, 15) is 14.4 Å². The predicted octanol–water partition coefficient (Wildman–Crippen LogP) is 5.25. The van der Waals surface area contributed by atoms with Crippen LogP contribution in [0.5, 0.6) is 0 Å². The van der Waals surface area contributed by atoms with Crippen molar-refractivity contribution in [3.05, 3.63) is 0 Å². The molecule has 0 radical (unpaired) electrons. The zero-order chi connectivity index (χ0) is 26.3. The van der Waals surface area contributed by atoms with Gasteiger partial charge in [-0.15, -0.1) is 0 Å². The lowest BCUT2D eigenvalue weighted by molar-refractivity contribution is -0.183. The third-order valence-electron chi connectivity index (χ3n) is 10.9. The fraction of sp³-hybridized carbons (Fsp3) is 0.897. The van der Waals surface area contributed by atoms with Crippen LogP contribution in [0.15, 0.2) is 0 Å². The third kappa shape index (κ3) is 5.19. The summed E-state index contributed by atoms with van der Waals surface area (Å²) in [6, 6.07) is 0. The summed E-state index contributed by atoms with van der Waals surface area (Å²) in [7, 11) is 3.77. The minimum absolute atomic E-state index is 0.183. The maximum absolute atomic E-state index is 12.5. The molecule has 0 amide bonds. The number of nitrogens with zero attached hydrogens (tertiary/aromatic N) is 1. The topological polar surface area (TPSA) is 82.1 Å². The Labute approximate surface area is 217 Å². The molecule has 0 aromatic heterocycles. The number of hydrogen-bond acceptors (Lipinski definition) is 7. The molecular formula is C29H47NO6. The Balaban J connectivity index is 1.33. The second-order valence-corrected chi connectivity index (χ2v) is 13.3. The van der Waals surface area contributed by atoms with E-state index in [0.717, 1.165) is 32.1 Å². The van der Waals surface area contributed by atoms with E-state index in [1.807, 2.05) is 25.9 Å². The summed E-state index contributed by atoms with van der Waals surface area (Å²) in [6.45, 7) is 9.12. The van der Waals surface area contributed by atoms with E-state index < -0.39 is 24.3 Å². The van der Waals surface area contributed by atoms with Gasteiger partial charge in [-0.3, -0.25) is 4.79 Å². The number of ether oxygens (including phenoxy) is 3. The van der Waals surface area contributed by atoms with E-state index in [1.165, 1.54) is 25.7 Å². The lowest BCUT2D eigenvalue weighted by Crippen LogP contribution is -2.56. The Kier molecular flexibility index (Phi) is 7.81. The minimum Gasteiger partial charge on any atom is -0.457 e. The van der Waals surface area contributed by atoms with Crippen LogP contribution in [0.4, 0.5) is 4.79 Å². The summed E-state index contributed by atoms with van der Waals surface area (Å²) in [4.78, 5) is 38.6. The lowest BCUT2D eigenvalue weighted by atomic mass is 9.44. The molecule has 0 N–H and O–H groups in total. The van der Waals surface area contributed by atoms with Crippen molar-refractivity contribution >= 4 is 17.9 Å². The quantitative estimate of drug-likeness (QED) is 0.437. The van der Waals surface area contributed by atoms with Crippen molar-refractivity contribution in [1.82, 2.24) is 4.90 Å². The zero-order valence-corrected chi connectivity index (χ0v) is 23.3. The van der Waals surface area contributed by atoms with Crippen LogP contribution < -0.4 is 0 Å². The van der Waals surface area contributed by atoms with Crippen LogP contribution in [-0.2, 0) is 23.8 Å². The fourth-order valence-electron chi connectivity index (χ4n) is 8.95. The summed E-state index contributed by atoms with van der Waals surface area (Å²) in [6.07, 6.45) is 8.96. The maximum Gasteiger partial charge on any atom is 0.508 e. The Morgan fingerprint density at radius 2 is 1.58 bits per heavy atom. The van der Waals surface area contributed by atoms with Crippen molar-refractivity contribution in [1.29, 1.82) is 0 Å². The van der Waals surface area contributed by atoms with Crippen LogP contribution in [0.3, 0.4) is 0 Å². The molecule has 0 heterocycles. The molecule has 4 fully saturated rings. The standard InChI is InChI=1S/C29H47NO6/c1-19(31)22-9-10-23-21-8-7-20-17-27(2,13-14-28(20,3)24(21)11-12-29(22,23)4)36-25(32)18-35-26(33)34-16-15-30(5)6/h20-24H,7-18H2,1-6H3/t20-,21-,22+,23-,24-,27+,28-,29+/m0/s1. The first-order chi connectivity index (χ1) is 16.9. The summed E-state index contributed by atoms with van der Waals surface area (Å²) >= 11 is 0. The SMILES string of the molecule is CC(=O)[C@H]1CC[C@H]2[C@@H]3CC[C@H]4C[C@](C)(OC(=O)COC(=O)OCCN(C)C)CC[C@]4(C)[C@H]3CC[C@]12C. The first-order valence-corrected chi connectivity index (χ1v) is 14.0. The van der Waals surface area contributed by atoms with Gasteiger partial charge in [-0.1, -0.05) is 13.8 Å². The second-order valence-electron chi connectivity index (χ2n) is 13.3. The monoisotopic (exact) mass is 505 g/mol. The highest BCUT2D eigenvalue weighted by Gasteiger charge is 2.61. The number of likely N-dealkylation sites (N-methyl/N-ethyl adjacent to an activating group) is 1. The van der Waals surface area contributed by atoms with Crippen molar-refractivity contribution in [3.8, 4) is 0 Å². The predicted molar refractivity (Wildman–Crippen MR) is 136 cm³/mol. The van der Waals surface area contributed by atoms with Crippen molar-refractivity contribution < 1.29 is 28.6 Å². The molecule has 8 atom stereocenters. The molecule has 0 spiro atoms. The van der Waals surface area contributed by atoms with E-state index in [1.54, 1.807) is 6.92 Å². The van der Waals surface area contributed by atoms with Gasteiger partial charge in [0.05, 0.1) is 0 Å². The van der Waals surface area contributed by atoms with Gasteiger partial charge in [0.25, 0.3) is 0 Å². The molecule has 204 valence electrons. The smallest absolute Gasteiger partial charge is 0.457 e. The number of esters is 1. The van der Waals surface area contributed by atoms with Gasteiger partial charge in [0, 0.05) is 12.5 Å². The van der Waals surface area contributed by atoms with Crippen LogP contribution in [0.1, 0.15) is 85.5 Å². The molecule has 0 aromatic carbocycles. The van der Waals surface area contributed by atoms with Gasteiger partial charge in [-0.05, 0) is 120 Å². The van der Waals surface area contributed by atoms with Crippen LogP contribution in [0.2, 0.25) is 0 Å². The normalized spacial score (nSPS) is 41.6. The number of hydrogen-bond donors (Lipinski definition) is 0. The van der Waals surface area contributed by atoms with Crippen molar-refractivity contribution in [2.24, 2.45) is 40.4 Å². The molecule has 4 rings (SSSR count). The largest absolute Gasteiger partial charge is 0.508 e. The number of ketones is 1. The average molecular weight is 506 g/mol. The van der Waals surface area contributed by atoms with E-state index >= 15 is 0 Å². The number of fused-ring (bicyclic) bond motifs is 5. The Bertz CT molecular complexity index is 859. The van der Waals surface area contributed by atoms with Crippen molar-refractivity contribution in [3.63, 3.8) is 0 Å². The average Bonchev–Trinajstić information content (AvgIpc) is 3.15. The Hall–Kier alpha value is -1.63. The van der Waals surface area contributed by atoms with E-state index in [4.69, 9.17) is 14.2 Å². The molecule has 4 aliphatic rings. The van der Waals surface area contributed by atoms with Crippen molar-refractivity contribution in [2.75, 3.05) is 33.9 Å². The molecule has 0 aromatic rings. The number of Topliss-reactive ketones (excluding diaryl/α,β-unsaturated/α-hetero) is 1. The molecule has 4 saturated carbocycles. The molecule has 0 unspecified atom stereocenters. The first-order valence-electron chi connectivity index (χ1n) is 14.0. The van der Waals surface area contributed by atoms with E-state index in [-0.39, 0.29) is 23.4 Å². The zero-order valence-electron chi connectivity index (χ0n) is 23.3. The Morgan fingerprint density at radius 1 is 0.861 bits per heavy atom. The van der Waals surface area contributed by atoms with Gasteiger partial charge in [-0.25, -0.2) is 9.59 Å². The van der Waals surface area contributed by atoms with Gasteiger partial charge in [0.15, 0.2) is 6.61 Å². The molecule has 4 aliphatic carbocycles. The second kappa shape index (κ2) is 10.3. The maximum atomic E-state index is 12.5. The van der Waals surface area contributed by atoms with Crippen LogP contribution >= 0.6 is 0 Å². The summed E-state index contributed by atoms with van der Waals surface area (Å²) in [5.41, 5.74) is -0.0811. The molecule has 0 aliphatic heterocycles. The summed E-state index contributed by atoms with van der Waals surface area (Å²) in [5.74, 6) is 2.73. The van der Waals surface area contributed by atoms with Gasteiger partial charge in [-0.2, -0.15) is 0 Å². The van der Waals surface area contributed by atoms with Crippen LogP contribution in [0, 0.1) is 40.4 Å². The summed E-state index contributed by atoms with van der Waals surface area (Å²) < 4.78 is 15.9. The van der Waals surface area contributed by atoms with Crippen LogP contribution in [0.25, 0.3) is 0 Å². The molecule has 7 heteroatoms. The fourth-order valence-corrected chi connectivity index (χ4v) is 8.95. The highest BCUT2D eigenvalue weighted by Crippen LogP contribution is 2.68. The van der Waals surface area contributed by atoms with Gasteiger partial charge >= 0.3 is 12.1 Å².